The first-order chi connectivity index (χ1) is 13.1. The van der Waals surface area contributed by atoms with Crippen LogP contribution in [-0.2, 0) is 6.54 Å². The smallest absolute Gasteiger partial charge is 0.269 e. The van der Waals surface area contributed by atoms with Crippen LogP contribution in [0.5, 0.6) is 0 Å². The number of nitrogens with one attached hydrogen (secondary N) is 2. The molecule has 0 bridgehead atoms. The van der Waals surface area contributed by atoms with Crippen LogP contribution in [0.15, 0.2) is 58.0 Å². The third kappa shape index (κ3) is 5.81. The summed E-state index contributed by atoms with van der Waals surface area (Å²) in [5.74, 6) is 0.695. The zero-order chi connectivity index (χ0) is 19.2. The molecule has 0 amide bonds. The molecule has 7 nitrogen and oxygen atoms in total. The highest BCUT2D eigenvalue weighted by atomic mass is 127. The number of aliphatic imine (C=N–C) groups is 1. The molecule has 0 aliphatic carbocycles. The molecule has 0 spiro atoms. The molecule has 0 aromatic heterocycles. The van der Waals surface area contributed by atoms with Gasteiger partial charge in [-0.3, -0.25) is 15.1 Å². The van der Waals surface area contributed by atoms with Crippen molar-refractivity contribution in [1.82, 2.24) is 10.6 Å². The number of anilines is 1. The van der Waals surface area contributed by atoms with E-state index in [0.717, 1.165) is 29.5 Å². The zero-order valence-electron chi connectivity index (χ0n) is 15.5. The molecule has 1 unspecified atom stereocenters. The first-order valence-electron chi connectivity index (χ1n) is 8.77. The molecule has 2 aromatic rings. The number of rotatable bonds is 5. The van der Waals surface area contributed by atoms with Crippen molar-refractivity contribution in [2.24, 2.45) is 4.99 Å². The van der Waals surface area contributed by atoms with Gasteiger partial charge in [0.1, 0.15) is 0 Å². The van der Waals surface area contributed by atoms with Crippen LogP contribution in [0.1, 0.15) is 12.0 Å². The van der Waals surface area contributed by atoms with Crippen molar-refractivity contribution in [3.8, 4) is 0 Å². The first-order valence-corrected chi connectivity index (χ1v) is 9.56. The second-order valence-corrected chi connectivity index (χ2v) is 7.23. The van der Waals surface area contributed by atoms with E-state index in [2.05, 4.69) is 48.6 Å². The molecule has 0 radical (unpaired) electrons. The third-order valence-electron chi connectivity index (χ3n) is 4.53. The van der Waals surface area contributed by atoms with Crippen molar-refractivity contribution >= 4 is 57.2 Å². The number of non-ortho nitro benzene ring substituents is 1. The Kier molecular flexibility index (Phi) is 8.49. The van der Waals surface area contributed by atoms with Gasteiger partial charge in [-0.1, -0.05) is 24.3 Å². The summed E-state index contributed by atoms with van der Waals surface area (Å²) in [5, 5.41) is 17.6. The molecule has 150 valence electrons. The fraction of sp³-hybridized carbons (Fsp3) is 0.316. The molecule has 28 heavy (non-hydrogen) atoms. The number of hydrogen-bond donors (Lipinski definition) is 2. The average molecular weight is 560 g/mol. The molecular weight excluding hydrogens is 537 g/mol. The Hall–Kier alpha value is -1.88. The monoisotopic (exact) mass is 559 g/mol. The molecular formula is C19H23BrIN5O2. The number of nitro benzene ring substituents is 1. The maximum Gasteiger partial charge on any atom is 0.269 e. The second kappa shape index (κ2) is 10.6. The van der Waals surface area contributed by atoms with Gasteiger partial charge < -0.3 is 15.5 Å². The first kappa shape index (κ1) is 22.4. The van der Waals surface area contributed by atoms with Gasteiger partial charge in [0.25, 0.3) is 5.69 Å². The highest BCUT2D eigenvalue weighted by Crippen LogP contribution is 2.28. The number of guanidine groups is 1. The van der Waals surface area contributed by atoms with Crippen LogP contribution in [0, 0.1) is 10.1 Å². The number of nitrogens with zero attached hydrogens (tertiary/aromatic N) is 3. The number of para-hydroxylation sites is 1. The Morgan fingerprint density at radius 3 is 2.82 bits per heavy atom. The van der Waals surface area contributed by atoms with E-state index in [4.69, 9.17) is 0 Å². The molecule has 3 rings (SSSR count). The summed E-state index contributed by atoms with van der Waals surface area (Å²) in [6.07, 6.45) is 1.01. The van der Waals surface area contributed by atoms with Gasteiger partial charge in [0.2, 0.25) is 0 Å². The quantitative estimate of drug-likeness (QED) is 0.191. The Morgan fingerprint density at radius 2 is 2.11 bits per heavy atom. The van der Waals surface area contributed by atoms with E-state index in [-0.39, 0.29) is 40.6 Å². The Labute approximate surface area is 189 Å². The average Bonchev–Trinajstić information content (AvgIpc) is 3.14. The van der Waals surface area contributed by atoms with E-state index in [1.165, 1.54) is 11.8 Å². The summed E-state index contributed by atoms with van der Waals surface area (Å²) in [6, 6.07) is 15.1. The molecule has 1 heterocycles. The lowest BCUT2D eigenvalue weighted by molar-refractivity contribution is -0.384. The lowest BCUT2D eigenvalue weighted by Crippen LogP contribution is -2.44. The minimum absolute atomic E-state index is 0. The summed E-state index contributed by atoms with van der Waals surface area (Å²) in [4.78, 5) is 17.1. The maximum atomic E-state index is 10.9. The SMILES string of the molecule is CN=C(NCc1cccc([N+](=O)[O-])c1)NC1CCN(c2ccccc2Br)C1.I. The summed E-state index contributed by atoms with van der Waals surface area (Å²) in [6.45, 7) is 2.34. The molecule has 1 aliphatic rings. The number of nitro groups is 1. The summed E-state index contributed by atoms with van der Waals surface area (Å²) < 4.78 is 1.10. The maximum absolute atomic E-state index is 10.9. The van der Waals surface area contributed by atoms with E-state index in [9.17, 15) is 10.1 Å². The van der Waals surface area contributed by atoms with Crippen LogP contribution in [0.25, 0.3) is 0 Å². The Balaban J connectivity index is 0.00000280. The van der Waals surface area contributed by atoms with Gasteiger partial charge in [-0.05, 0) is 40.0 Å². The number of hydrogen-bond acceptors (Lipinski definition) is 4. The van der Waals surface area contributed by atoms with Crippen LogP contribution in [0.2, 0.25) is 0 Å². The highest BCUT2D eigenvalue weighted by molar-refractivity contribution is 14.0. The van der Waals surface area contributed by atoms with Gasteiger partial charge in [-0.15, -0.1) is 24.0 Å². The van der Waals surface area contributed by atoms with Crippen molar-refractivity contribution in [3.63, 3.8) is 0 Å². The van der Waals surface area contributed by atoms with E-state index in [1.54, 1.807) is 19.2 Å². The van der Waals surface area contributed by atoms with Crippen molar-refractivity contribution in [3.05, 3.63) is 68.7 Å². The molecule has 1 fully saturated rings. The predicted molar refractivity (Wildman–Crippen MR) is 127 cm³/mol. The number of halogens is 2. The van der Waals surface area contributed by atoms with Crippen LogP contribution in [-0.4, -0.2) is 37.1 Å². The summed E-state index contributed by atoms with van der Waals surface area (Å²) in [5.41, 5.74) is 2.13. The Bertz CT molecular complexity index is 849. The summed E-state index contributed by atoms with van der Waals surface area (Å²) in [7, 11) is 1.73. The lowest BCUT2D eigenvalue weighted by atomic mass is 10.2. The van der Waals surface area contributed by atoms with E-state index in [0.29, 0.717) is 12.5 Å². The summed E-state index contributed by atoms with van der Waals surface area (Å²) >= 11 is 3.61. The normalized spacial score (nSPS) is 16.4. The zero-order valence-corrected chi connectivity index (χ0v) is 19.4. The van der Waals surface area contributed by atoms with Gasteiger partial charge in [0.05, 0.1) is 10.6 Å². The van der Waals surface area contributed by atoms with Crippen molar-refractivity contribution in [1.29, 1.82) is 0 Å². The van der Waals surface area contributed by atoms with Crippen LogP contribution < -0.4 is 15.5 Å². The van der Waals surface area contributed by atoms with Crippen molar-refractivity contribution in [2.75, 3.05) is 25.0 Å². The van der Waals surface area contributed by atoms with Crippen molar-refractivity contribution in [2.45, 2.75) is 19.0 Å². The van der Waals surface area contributed by atoms with Gasteiger partial charge in [-0.25, -0.2) is 0 Å². The van der Waals surface area contributed by atoms with E-state index < -0.39 is 0 Å². The Morgan fingerprint density at radius 1 is 1.32 bits per heavy atom. The van der Waals surface area contributed by atoms with Gasteiger partial charge in [0, 0.05) is 49.3 Å². The fourth-order valence-electron chi connectivity index (χ4n) is 3.16. The van der Waals surface area contributed by atoms with Crippen LogP contribution in [0.3, 0.4) is 0 Å². The lowest BCUT2D eigenvalue weighted by Gasteiger charge is -2.21. The van der Waals surface area contributed by atoms with Crippen LogP contribution >= 0.6 is 39.9 Å². The molecule has 2 aromatic carbocycles. The molecule has 0 saturated carbocycles. The molecule has 1 atom stereocenters. The fourth-order valence-corrected chi connectivity index (χ4v) is 3.69. The molecule has 1 aliphatic heterocycles. The minimum Gasteiger partial charge on any atom is -0.368 e. The van der Waals surface area contributed by atoms with Gasteiger partial charge in [-0.2, -0.15) is 0 Å². The van der Waals surface area contributed by atoms with Crippen LogP contribution in [0.4, 0.5) is 11.4 Å². The topological polar surface area (TPSA) is 82.8 Å². The van der Waals surface area contributed by atoms with Gasteiger partial charge >= 0.3 is 0 Å². The second-order valence-electron chi connectivity index (χ2n) is 6.38. The predicted octanol–water partition coefficient (Wildman–Crippen LogP) is 3.92. The van der Waals surface area contributed by atoms with E-state index in [1.807, 2.05) is 18.2 Å². The third-order valence-corrected chi connectivity index (χ3v) is 5.20. The molecule has 9 heteroatoms. The van der Waals surface area contributed by atoms with Gasteiger partial charge in [0.15, 0.2) is 5.96 Å². The molecule has 2 N–H and O–H groups in total. The van der Waals surface area contributed by atoms with Crippen molar-refractivity contribution < 1.29 is 4.92 Å². The minimum atomic E-state index is -0.384. The largest absolute Gasteiger partial charge is 0.368 e. The highest BCUT2D eigenvalue weighted by Gasteiger charge is 2.24. The standard InChI is InChI=1S/C19H22BrN5O2.HI/c1-21-19(22-12-14-5-4-6-16(11-14)25(26)27)23-15-9-10-24(13-15)18-8-3-2-7-17(18)20;/h2-8,11,15H,9-10,12-13H2,1H3,(H2,21,22,23);1H. The van der Waals surface area contributed by atoms with E-state index >= 15 is 0 Å². The number of benzene rings is 2. The molecule has 1 saturated heterocycles.